The van der Waals surface area contributed by atoms with Gasteiger partial charge in [0.1, 0.15) is 5.01 Å². The molecule has 0 fully saturated rings. The number of carbonyl (C=O) groups excluding carboxylic acids is 2. The van der Waals surface area contributed by atoms with Crippen LogP contribution in [0, 0.1) is 6.92 Å². The van der Waals surface area contributed by atoms with Gasteiger partial charge >= 0.3 is 5.97 Å². The van der Waals surface area contributed by atoms with Crippen molar-refractivity contribution < 1.29 is 14.3 Å². The van der Waals surface area contributed by atoms with E-state index in [0.717, 1.165) is 20.8 Å². The summed E-state index contributed by atoms with van der Waals surface area (Å²) in [5.74, 6) is -0.451. The van der Waals surface area contributed by atoms with Crippen LogP contribution in [0.3, 0.4) is 0 Å². The van der Waals surface area contributed by atoms with Crippen LogP contribution in [-0.2, 0) is 14.3 Å². The minimum atomic E-state index is -0.481. The van der Waals surface area contributed by atoms with Gasteiger partial charge in [0.15, 0.2) is 6.61 Å². The van der Waals surface area contributed by atoms with Crippen molar-refractivity contribution in [2.75, 3.05) is 23.8 Å². The summed E-state index contributed by atoms with van der Waals surface area (Å²) in [6, 6.07) is 15.3. The van der Waals surface area contributed by atoms with Crippen LogP contribution in [0.15, 0.2) is 60.9 Å². The largest absolute Gasteiger partial charge is 0.456 e. The molecule has 0 unspecified atom stereocenters. The van der Waals surface area contributed by atoms with Crippen molar-refractivity contribution in [1.82, 2.24) is 15.0 Å². The van der Waals surface area contributed by atoms with Crippen molar-refractivity contribution in [3.05, 3.63) is 66.5 Å². The Balaban J connectivity index is 1.24. The quantitative estimate of drug-likeness (QED) is 0.393. The first-order valence-electron chi connectivity index (χ1n) is 10.0. The summed E-state index contributed by atoms with van der Waals surface area (Å²) >= 11 is 1.63. The molecule has 2 aromatic carbocycles. The van der Waals surface area contributed by atoms with Gasteiger partial charge in [-0.15, -0.1) is 11.3 Å². The lowest BCUT2D eigenvalue weighted by Gasteiger charge is -2.07. The Labute approximate surface area is 188 Å². The lowest BCUT2D eigenvalue weighted by molar-refractivity contribution is -0.147. The number of hydrogen-bond acceptors (Lipinski definition) is 8. The molecule has 0 radical (unpaired) electrons. The van der Waals surface area contributed by atoms with E-state index in [1.165, 1.54) is 5.56 Å². The third kappa shape index (κ3) is 5.64. The maximum atomic E-state index is 12.1. The molecular formula is C23H21N5O3S. The molecule has 0 saturated carbocycles. The molecular weight excluding hydrogens is 426 g/mol. The highest BCUT2D eigenvalue weighted by Gasteiger charge is 2.10. The van der Waals surface area contributed by atoms with Crippen LogP contribution in [0.5, 0.6) is 0 Å². The van der Waals surface area contributed by atoms with Gasteiger partial charge in [-0.25, -0.2) is 15.0 Å². The highest BCUT2D eigenvalue weighted by atomic mass is 32.1. The molecule has 162 valence electrons. The number of aryl methyl sites for hydroxylation is 1. The second-order valence-electron chi connectivity index (χ2n) is 7.03. The minimum absolute atomic E-state index is 0.0991. The van der Waals surface area contributed by atoms with E-state index in [-0.39, 0.29) is 13.0 Å². The molecule has 2 N–H and O–H groups in total. The standard InChI is InChI=1S/C23H21N5O3S/c1-15-3-8-18-19(13-15)32-22(28-18)16-4-6-17(7-5-16)27-20(29)14-31-21(30)9-12-26-23-24-10-2-11-25-23/h2-8,10-11,13H,9,12,14H2,1H3,(H,27,29)(H,24,25,26). The van der Waals surface area contributed by atoms with Gasteiger partial charge < -0.3 is 15.4 Å². The number of esters is 1. The zero-order valence-corrected chi connectivity index (χ0v) is 18.2. The molecule has 4 aromatic rings. The van der Waals surface area contributed by atoms with Crippen LogP contribution in [0.2, 0.25) is 0 Å². The SMILES string of the molecule is Cc1ccc2nc(-c3ccc(NC(=O)COC(=O)CCNc4ncccn4)cc3)sc2c1. The second kappa shape index (κ2) is 9.97. The molecule has 2 aromatic heterocycles. The topological polar surface area (TPSA) is 106 Å². The third-order valence-corrected chi connectivity index (χ3v) is 5.57. The van der Waals surface area contributed by atoms with Gasteiger partial charge in [-0.2, -0.15) is 0 Å². The van der Waals surface area contributed by atoms with Gasteiger partial charge in [-0.05, 0) is 55.0 Å². The van der Waals surface area contributed by atoms with Crippen molar-refractivity contribution in [2.24, 2.45) is 0 Å². The number of amides is 1. The highest BCUT2D eigenvalue weighted by Crippen LogP contribution is 2.31. The predicted molar refractivity (Wildman–Crippen MR) is 125 cm³/mol. The van der Waals surface area contributed by atoms with E-state index in [1.54, 1.807) is 41.9 Å². The number of hydrogen-bond donors (Lipinski definition) is 2. The number of aromatic nitrogens is 3. The first-order chi connectivity index (χ1) is 15.6. The molecule has 1 amide bonds. The Morgan fingerprint density at radius 3 is 2.62 bits per heavy atom. The van der Waals surface area contributed by atoms with E-state index >= 15 is 0 Å². The fourth-order valence-corrected chi connectivity index (χ4v) is 4.00. The van der Waals surface area contributed by atoms with Crippen LogP contribution in [0.4, 0.5) is 11.6 Å². The van der Waals surface area contributed by atoms with E-state index in [0.29, 0.717) is 18.2 Å². The van der Waals surface area contributed by atoms with Crippen LogP contribution >= 0.6 is 11.3 Å². The van der Waals surface area contributed by atoms with E-state index in [2.05, 4.69) is 38.6 Å². The fourth-order valence-electron chi connectivity index (χ4n) is 2.93. The Bertz CT molecular complexity index is 1230. The number of benzene rings is 2. The normalized spacial score (nSPS) is 10.7. The van der Waals surface area contributed by atoms with Crippen molar-refractivity contribution in [3.8, 4) is 10.6 Å². The Morgan fingerprint density at radius 2 is 1.84 bits per heavy atom. The summed E-state index contributed by atoms with van der Waals surface area (Å²) in [5, 5.41) is 6.55. The van der Waals surface area contributed by atoms with Crippen molar-refractivity contribution in [1.29, 1.82) is 0 Å². The number of nitrogens with one attached hydrogen (secondary N) is 2. The van der Waals surface area contributed by atoms with Crippen molar-refractivity contribution in [3.63, 3.8) is 0 Å². The average Bonchev–Trinajstić information content (AvgIpc) is 3.22. The molecule has 8 nitrogen and oxygen atoms in total. The molecule has 0 atom stereocenters. The van der Waals surface area contributed by atoms with Gasteiger partial charge in [-0.1, -0.05) is 6.07 Å². The van der Waals surface area contributed by atoms with Gasteiger partial charge in [0, 0.05) is 30.2 Å². The molecule has 0 aliphatic heterocycles. The van der Waals surface area contributed by atoms with Gasteiger partial charge in [0.25, 0.3) is 5.91 Å². The molecule has 0 saturated heterocycles. The lowest BCUT2D eigenvalue weighted by Crippen LogP contribution is -2.22. The number of rotatable bonds is 8. The molecule has 32 heavy (non-hydrogen) atoms. The number of ether oxygens (including phenoxy) is 1. The molecule has 0 bridgehead atoms. The fraction of sp³-hybridized carbons (Fsp3) is 0.174. The molecule has 0 spiro atoms. The van der Waals surface area contributed by atoms with E-state index in [9.17, 15) is 9.59 Å². The molecule has 2 heterocycles. The van der Waals surface area contributed by atoms with Crippen LogP contribution in [-0.4, -0.2) is 40.0 Å². The maximum absolute atomic E-state index is 12.1. The lowest BCUT2D eigenvalue weighted by atomic mass is 10.2. The number of carbonyl (C=O) groups is 2. The number of fused-ring (bicyclic) bond motifs is 1. The Morgan fingerprint density at radius 1 is 1.06 bits per heavy atom. The number of anilines is 2. The first kappa shape index (κ1) is 21.4. The maximum Gasteiger partial charge on any atom is 0.308 e. The second-order valence-corrected chi connectivity index (χ2v) is 8.06. The molecule has 0 aliphatic carbocycles. The molecule has 0 aliphatic rings. The summed E-state index contributed by atoms with van der Waals surface area (Å²) in [5.41, 5.74) is 3.77. The first-order valence-corrected chi connectivity index (χ1v) is 10.8. The third-order valence-electron chi connectivity index (χ3n) is 4.50. The summed E-state index contributed by atoms with van der Waals surface area (Å²) < 4.78 is 6.15. The zero-order valence-electron chi connectivity index (χ0n) is 17.4. The number of thiazole rings is 1. The zero-order chi connectivity index (χ0) is 22.3. The smallest absolute Gasteiger partial charge is 0.308 e. The highest BCUT2D eigenvalue weighted by molar-refractivity contribution is 7.21. The van der Waals surface area contributed by atoms with Gasteiger partial charge in [-0.3, -0.25) is 9.59 Å². The van der Waals surface area contributed by atoms with Crippen molar-refractivity contribution >= 4 is 45.1 Å². The van der Waals surface area contributed by atoms with E-state index in [1.807, 2.05) is 24.3 Å². The van der Waals surface area contributed by atoms with Crippen LogP contribution in [0.25, 0.3) is 20.8 Å². The van der Waals surface area contributed by atoms with Crippen LogP contribution < -0.4 is 10.6 Å². The average molecular weight is 448 g/mol. The minimum Gasteiger partial charge on any atom is -0.456 e. The summed E-state index contributed by atoms with van der Waals surface area (Å²) in [4.78, 5) is 36.5. The number of nitrogens with zero attached hydrogens (tertiary/aromatic N) is 3. The Hall–Kier alpha value is -3.85. The summed E-state index contributed by atoms with van der Waals surface area (Å²) in [6.07, 6.45) is 3.30. The predicted octanol–water partition coefficient (Wildman–Crippen LogP) is 4.05. The van der Waals surface area contributed by atoms with Gasteiger partial charge in [0.2, 0.25) is 5.95 Å². The van der Waals surface area contributed by atoms with E-state index < -0.39 is 11.9 Å². The summed E-state index contributed by atoms with van der Waals surface area (Å²) in [6.45, 7) is 2.03. The van der Waals surface area contributed by atoms with Gasteiger partial charge in [0.05, 0.1) is 16.6 Å². The summed E-state index contributed by atoms with van der Waals surface area (Å²) in [7, 11) is 0. The molecule has 4 rings (SSSR count). The monoisotopic (exact) mass is 447 g/mol. The van der Waals surface area contributed by atoms with Crippen molar-refractivity contribution in [2.45, 2.75) is 13.3 Å². The molecule has 9 heteroatoms. The van der Waals surface area contributed by atoms with E-state index in [4.69, 9.17) is 4.74 Å². The van der Waals surface area contributed by atoms with Crippen LogP contribution in [0.1, 0.15) is 12.0 Å². The Kier molecular flexibility index (Phi) is 6.66.